The summed E-state index contributed by atoms with van der Waals surface area (Å²) in [6, 6.07) is 0. The topological polar surface area (TPSA) is 40.1 Å². The van der Waals surface area contributed by atoms with Gasteiger partial charge in [0, 0.05) is 6.47 Å². The van der Waals surface area contributed by atoms with Crippen molar-refractivity contribution in [1.29, 1.82) is 0 Å². The van der Waals surface area contributed by atoms with Crippen LogP contribution in [0.5, 0.6) is 0 Å². The first-order valence-electron chi connectivity index (χ1n) is 9.84. The maximum Gasteiger partial charge on any atom is 0.0780 e. The molecule has 0 aromatic heterocycles. The average Bonchev–Trinajstić information content (AvgIpc) is 2.47. The van der Waals surface area contributed by atoms with Gasteiger partial charge in [0.15, 0.2) is 0 Å². The van der Waals surface area contributed by atoms with E-state index in [0.717, 1.165) is 4.48 Å². The molecule has 0 saturated carbocycles. The minimum Gasteiger partial charge on any atom is -0.554 e. The number of rotatable bonds is 15. The highest BCUT2D eigenvalue weighted by atomic mass is 16.3. The number of carbonyl (C=O) groups excluding carboxylic acids is 1. The summed E-state index contributed by atoms with van der Waals surface area (Å²) in [5, 5.41) is 8.25. The molecular formula is C20H43NO2. The lowest BCUT2D eigenvalue weighted by Gasteiger charge is -2.23. The summed E-state index contributed by atoms with van der Waals surface area (Å²) in [5.41, 5.74) is 0. The van der Waals surface area contributed by atoms with E-state index in [-0.39, 0.29) is 0 Å². The van der Waals surface area contributed by atoms with Crippen LogP contribution in [-0.4, -0.2) is 38.6 Å². The van der Waals surface area contributed by atoms with Crippen LogP contribution in [0, 0.1) is 0 Å². The molecule has 0 aliphatic heterocycles. The SMILES string of the molecule is CCCCCCCCCCCCCCCC[N+](C)(C)C.O=C[O-]. The summed E-state index contributed by atoms with van der Waals surface area (Å²) < 4.78 is 1.12. The highest BCUT2D eigenvalue weighted by molar-refractivity contribution is 5.29. The molecule has 0 N–H and O–H groups in total. The lowest BCUT2D eigenvalue weighted by Crippen LogP contribution is -2.35. The fourth-order valence-corrected chi connectivity index (χ4v) is 2.78. The van der Waals surface area contributed by atoms with E-state index in [1.165, 1.54) is 96.4 Å². The van der Waals surface area contributed by atoms with Crippen LogP contribution in [0.2, 0.25) is 0 Å². The monoisotopic (exact) mass is 329 g/mol. The minimum absolute atomic E-state index is 0.500. The summed E-state index contributed by atoms with van der Waals surface area (Å²) in [7, 11) is 6.88. The smallest absolute Gasteiger partial charge is 0.0780 e. The average molecular weight is 330 g/mol. The van der Waals surface area contributed by atoms with E-state index in [1.807, 2.05) is 0 Å². The summed E-state index contributed by atoms with van der Waals surface area (Å²) >= 11 is 0. The Morgan fingerprint density at radius 1 is 0.652 bits per heavy atom. The summed E-state index contributed by atoms with van der Waals surface area (Å²) in [4.78, 5) is 8.25. The number of hydrogen-bond donors (Lipinski definition) is 0. The molecule has 0 unspecified atom stereocenters. The molecule has 0 rings (SSSR count). The summed E-state index contributed by atoms with van der Waals surface area (Å²) in [6.45, 7) is 3.13. The van der Waals surface area contributed by atoms with Gasteiger partial charge in [-0.25, -0.2) is 0 Å². The van der Waals surface area contributed by atoms with Crippen LogP contribution in [0.1, 0.15) is 96.8 Å². The van der Waals surface area contributed by atoms with E-state index >= 15 is 0 Å². The highest BCUT2D eigenvalue weighted by Gasteiger charge is 2.04. The van der Waals surface area contributed by atoms with E-state index in [1.54, 1.807) is 0 Å². The Hall–Kier alpha value is -0.570. The van der Waals surface area contributed by atoms with Crippen molar-refractivity contribution < 1.29 is 14.4 Å². The molecule has 0 atom stereocenters. The van der Waals surface area contributed by atoms with Crippen LogP contribution in [0.3, 0.4) is 0 Å². The fourth-order valence-electron chi connectivity index (χ4n) is 2.78. The van der Waals surface area contributed by atoms with E-state index in [9.17, 15) is 0 Å². The Morgan fingerprint density at radius 3 is 1.17 bits per heavy atom. The minimum atomic E-state index is -0.500. The second-order valence-electron chi connectivity index (χ2n) is 7.71. The van der Waals surface area contributed by atoms with E-state index in [4.69, 9.17) is 9.90 Å². The van der Waals surface area contributed by atoms with Crippen LogP contribution in [-0.2, 0) is 4.79 Å². The molecule has 140 valence electrons. The molecule has 3 nitrogen and oxygen atoms in total. The zero-order valence-corrected chi connectivity index (χ0v) is 16.4. The molecule has 0 aromatic carbocycles. The van der Waals surface area contributed by atoms with Crippen LogP contribution in [0.25, 0.3) is 0 Å². The van der Waals surface area contributed by atoms with Gasteiger partial charge >= 0.3 is 0 Å². The van der Waals surface area contributed by atoms with Gasteiger partial charge in [0.25, 0.3) is 0 Å². The van der Waals surface area contributed by atoms with E-state index in [2.05, 4.69) is 28.1 Å². The van der Waals surface area contributed by atoms with Crippen molar-refractivity contribution in [3.8, 4) is 0 Å². The summed E-state index contributed by atoms with van der Waals surface area (Å²) in [6.07, 6.45) is 20.4. The molecule has 0 saturated heterocycles. The number of carboxylic acid groups (broad SMARTS) is 1. The Labute approximate surface area is 146 Å². The Balaban J connectivity index is 0. The number of carbonyl (C=O) groups is 1. The zero-order chi connectivity index (χ0) is 17.8. The Morgan fingerprint density at radius 2 is 0.913 bits per heavy atom. The highest BCUT2D eigenvalue weighted by Crippen LogP contribution is 2.13. The molecule has 3 heteroatoms. The molecule has 0 radical (unpaired) electrons. The van der Waals surface area contributed by atoms with Gasteiger partial charge in [0.2, 0.25) is 0 Å². The normalized spacial score (nSPS) is 11.0. The fraction of sp³-hybridized carbons (Fsp3) is 0.950. The largest absolute Gasteiger partial charge is 0.554 e. The first-order chi connectivity index (χ1) is 11.0. The van der Waals surface area contributed by atoms with Crippen molar-refractivity contribution in [2.45, 2.75) is 96.8 Å². The standard InChI is InChI=1S/C19H42N.CH2O2/c1-5-6-7-8-9-10-11-12-13-14-15-16-17-18-19-20(2,3)4;2-1-3/h5-19H2,1-4H3;1H,(H,2,3)/q+1;/p-1. The molecule has 0 spiro atoms. The molecule has 0 aliphatic rings. The van der Waals surface area contributed by atoms with Gasteiger partial charge in [0.05, 0.1) is 27.7 Å². The number of quaternary nitrogens is 1. The van der Waals surface area contributed by atoms with Gasteiger partial charge in [-0.05, 0) is 12.8 Å². The van der Waals surface area contributed by atoms with E-state index < -0.39 is 6.47 Å². The maximum absolute atomic E-state index is 8.25. The maximum atomic E-state index is 8.25. The molecule has 0 aromatic rings. The predicted molar refractivity (Wildman–Crippen MR) is 99.3 cm³/mol. The van der Waals surface area contributed by atoms with Gasteiger partial charge in [-0.1, -0.05) is 84.0 Å². The molecule has 0 amide bonds. The molecule has 0 bridgehead atoms. The van der Waals surface area contributed by atoms with Crippen molar-refractivity contribution in [1.82, 2.24) is 0 Å². The molecule has 0 heterocycles. The third kappa shape index (κ3) is 30.0. The first-order valence-corrected chi connectivity index (χ1v) is 9.84. The van der Waals surface area contributed by atoms with Crippen LogP contribution >= 0.6 is 0 Å². The second kappa shape index (κ2) is 19.5. The second-order valence-corrected chi connectivity index (χ2v) is 7.71. The van der Waals surface area contributed by atoms with Gasteiger partial charge in [-0.15, -0.1) is 0 Å². The number of unbranched alkanes of at least 4 members (excludes halogenated alkanes) is 13. The van der Waals surface area contributed by atoms with Crippen molar-refractivity contribution in [2.75, 3.05) is 27.7 Å². The van der Waals surface area contributed by atoms with E-state index in [0.29, 0.717) is 0 Å². The van der Waals surface area contributed by atoms with Crippen molar-refractivity contribution in [3.05, 3.63) is 0 Å². The van der Waals surface area contributed by atoms with Crippen LogP contribution < -0.4 is 5.11 Å². The van der Waals surface area contributed by atoms with Gasteiger partial charge in [0.1, 0.15) is 0 Å². The first kappa shape index (κ1) is 24.7. The van der Waals surface area contributed by atoms with Crippen LogP contribution in [0.15, 0.2) is 0 Å². The number of nitrogens with zero attached hydrogens (tertiary/aromatic N) is 1. The van der Waals surface area contributed by atoms with Gasteiger partial charge < -0.3 is 14.4 Å². The lowest BCUT2D eigenvalue weighted by molar-refractivity contribution is -0.870. The number of hydrogen-bond acceptors (Lipinski definition) is 2. The van der Waals surface area contributed by atoms with Crippen molar-refractivity contribution >= 4 is 6.47 Å². The summed E-state index contributed by atoms with van der Waals surface area (Å²) in [5.74, 6) is 0. The predicted octanol–water partition coefficient (Wildman–Crippen LogP) is 4.54. The zero-order valence-electron chi connectivity index (χ0n) is 16.4. The van der Waals surface area contributed by atoms with Crippen molar-refractivity contribution in [3.63, 3.8) is 0 Å². The molecule has 0 fully saturated rings. The van der Waals surface area contributed by atoms with Gasteiger partial charge in [-0.3, -0.25) is 0 Å². The quantitative estimate of drug-likeness (QED) is 0.251. The third-order valence-electron chi connectivity index (χ3n) is 4.18. The Bertz CT molecular complexity index is 224. The molecule has 0 aliphatic carbocycles. The molecular weight excluding hydrogens is 286 g/mol. The molecule has 23 heavy (non-hydrogen) atoms. The van der Waals surface area contributed by atoms with Crippen molar-refractivity contribution in [2.24, 2.45) is 0 Å². The Kier molecular flexibility index (Phi) is 20.9. The third-order valence-corrected chi connectivity index (χ3v) is 4.18. The van der Waals surface area contributed by atoms with Gasteiger partial charge in [-0.2, -0.15) is 0 Å². The lowest BCUT2D eigenvalue weighted by atomic mass is 10.0. The van der Waals surface area contributed by atoms with Crippen LogP contribution in [0.4, 0.5) is 0 Å².